The van der Waals surface area contributed by atoms with Crippen molar-refractivity contribution in [2.24, 2.45) is 5.92 Å². The van der Waals surface area contributed by atoms with Crippen molar-refractivity contribution in [1.29, 1.82) is 0 Å². The van der Waals surface area contributed by atoms with Gasteiger partial charge in [0.15, 0.2) is 0 Å². The second kappa shape index (κ2) is 10.1. The summed E-state index contributed by atoms with van der Waals surface area (Å²) in [5.74, 6) is -0.297. The lowest BCUT2D eigenvalue weighted by molar-refractivity contribution is 0.0783. The molecule has 0 atom stereocenters. The number of carbonyl (C=O) groups is 2. The van der Waals surface area contributed by atoms with Gasteiger partial charge in [-0.3, -0.25) is 14.4 Å². The van der Waals surface area contributed by atoms with Gasteiger partial charge in [-0.2, -0.15) is 11.3 Å². The average molecular weight is 430 g/mol. The zero-order chi connectivity index (χ0) is 21.7. The van der Waals surface area contributed by atoms with E-state index in [2.05, 4.69) is 5.32 Å². The molecule has 1 aliphatic rings. The number of thiophene rings is 1. The van der Waals surface area contributed by atoms with Crippen LogP contribution in [0.1, 0.15) is 78.3 Å². The minimum absolute atomic E-state index is 0.0178. The number of nitrogens with one attached hydrogen (secondary N) is 1. The fourth-order valence-electron chi connectivity index (χ4n) is 3.87. The summed E-state index contributed by atoms with van der Waals surface area (Å²) in [4.78, 5) is 40.5. The quantitative estimate of drug-likeness (QED) is 0.721. The Hall–Kier alpha value is -2.41. The lowest BCUT2D eigenvalue weighted by atomic mass is 9.89. The van der Waals surface area contributed by atoms with Gasteiger partial charge >= 0.3 is 0 Å². The number of rotatable bonds is 7. The van der Waals surface area contributed by atoms with Gasteiger partial charge in [0.2, 0.25) is 5.43 Å². The number of aromatic nitrogens is 1. The Morgan fingerprint density at radius 2 is 1.90 bits per heavy atom. The van der Waals surface area contributed by atoms with Gasteiger partial charge in [-0.05, 0) is 55.0 Å². The monoisotopic (exact) mass is 429 g/mol. The summed E-state index contributed by atoms with van der Waals surface area (Å²) >= 11 is 1.57. The van der Waals surface area contributed by atoms with Crippen LogP contribution in [0.3, 0.4) is 0 Å². The first kappa shape index (κ1) is 22.3. The fourth-order valence-corrected chi connectivity index (χ4v) is 4.53. The van der Waals surface area contributed by atoms with Crippen molar-refractivity contribution in [2.75, 3.05) is 13.6 Å². The van der Waals surface area contributed by atoms with Crippen LogP contribution in [0.15, 0.2) is 34.0 Å². The molecule has 7 heteroatoms. The van der Waals surface area contributed by atoms with Gasteiger partial charge in [-0.1, -0.05) is 19.3 Å². The lowest BCUT2D eigenvalue weighted by Gasteiger charge is -2.22. The minimum Gasteiger partial charge on any atom is -0.352 e. The standard InChI is InChI=1S/C23H31N3O3S/c1-16(2)26-13-19(22(28)24-11-17-7-5-4-6-8-17)21(27)20(14-26)23(29)25(3)12-18-9-10-30-15-18/h9-10,13-17H,4-8,11-12H2,1-3H3,(H,24,28). The Kier molecular flexibility index (Phi) is 7.48. The van der Waals surface area contributed by atoms with E-state index in [-0.39, 0.29) is 23.1 Å². The molecule has 0 aromatic carbocycles. The average Bonchev–Trinajstić information content (AvgIpc) is 3.25. The van der Waals surface area contributed by atoms with Gasteiger partial charge in [0.25, 0.3) is 11.8 Å². The second-order valence-electron chi connectivity index (χ2n) is 8.46. The maximum absolute atomic E-state index is 13.1. The highest BCUT2D eigenvalue weighted by molar-refractivity contribution is 7.07. The van der Waals surface area contributed by atoms with Crippen LogP contribution in [0.4, 0.5) is 0 Å². The molecule has 30 heavy (non-hydrogen) atoms. The van der Waals surface area contributed by atoms with E-state index in [1.165, 1.54) is 24.2 Å². The predicted octanol–water partition coefficient (Wildman–Crippen LogP) is 4.07. The first-order valence-corrected chi connectivity index (χ1v) is 11.6. The molecule has 0 unspecified atom stereocenters. The van der Waals surface area contributed by atoms with E-state index in [4.69, 9.17) is 0 Å². The number of carbonyl (C=O) groups excluding carboxylic acids is 2. The van der Waals surface area contributed by atoms with Crippen molar-refractivity contribution in [1.82, 2.24) is 14.8 Å². The van der Waals surface area contributed by atoms with Crippen molar-refractivity contribution in [2.45, 2.75) is 58.5 Å². The van der Waals surface area contributed by atoms with E-state index >= 15 is 0 Å². The van der Waals surface area contributed by atoms with Crippen LogP contribution in [-0.2, 0) is 6.54 Å². The molecule has 0 aliphatic heterocycles. The van der Waals surface area contributed by atoms with Gasteiger partial charge in [0.05, 0.1) is 0 Å². The molecular weight excluding hydrogens is 398 g/mol. The van der Waals surface area contributed by atoms with Crippen LogP contribution in [0.25, 0.3) is 0 Å². The van der Waals surface area contributed by atoms with Gasteiger partial charge < -0.3 is 14.8 Å². The second-order valence-corrected chi connectivity index (χ2v) is 9.24. The molecule has 6 nitrogen and oxygen atoms in total. The molecule has 1 aliphatic carbocycles. The van der Waals surface area contributed by atoms with Gasteiger partial charge in [-0.25, -0.2) is 0 Å². The van der Waals surface area contributed by atoms with E-state index in [0.717, 1.165) is 18.4 Å². The summed E-state index contributed by atoms with van der Waals surface area (Å²) in [5.41, 5.74) is 0.581. The van der Waals surface area contributed by atoms with E-state index in [1.807, 2.05) is 30.7 Å². The van der Waals surface area contributed by atoms with Crippen molar-refractivity contribution in [3.05, 3.63) is 56.1 Å². The highest BCUT2D eigenvalue weighted by Gasteiger charge is 2.23. The van der Waals surface area contributed by atoms with Crippen molar-refractivity contribution in [3.63, 3.8) is 0 Å². The fraction of sp³-hybridized carbons (Fsp3) is 0.522. The van der Waals surface area contributed by atoms with E-state index in [0.29, 0.717) is 19.0 Å². The van der Waals surface area contributed by atoms with Gasteiger partial charge in [0.1, 0.15) is 11.1 Å². The molecule has 2 aromatic rings. The largest absolute Gasteiger partial charge is 0.352 e. The van der Waals surface area contributed by atoms with E-state index in [1.54, 1.807) is 35.3 Å². The maximum Gasteiger partial charge on any atom is 0.259 e. The Balaban J connectivity index is 1.82. The Morgan fingerprint density at radius 3 is 2.53 bits per heavy atom. The summed E-state index contributed by atoms with van der Waals surface area (Å²) in [7, 11) is 1.68. The molecule has 3 rings (SSSR count). The van der Waals surface area contributed by atoms with Crippen molar-refractivity contribution in [3.8, 4) is 0 Å². The Morgan fingerprint density at radius 1 is 1.20 bits per heavy atom. The topological polar surface area (TPSA) is 71.4 Å². The third kappa shape index (κ3) is 5.39. The molecule has 2 heterocycles. The van der Waals surface area contributed by atoms with Crippen LogP contribution in [0.5, 0.6) is 0 Å². The first-order valence-electron chi connectivity index (χ1n) is 10.7. The first-order chi connectivity index (χ1) is 14.4. The Labute approximate surface area is 181 Å². The summed E-state index contributed by atoms with van der Waals surface area (Å²) in [6, 6.07) is 1.97. The zero-order valence-electron chi connectivity index (χ0n) is 18.0. The molecule has 1 saturated carbocycles. The highest BCUT2D eigenvalue weighted by atomic mass is 32.1. The molecule has 0 spiro atoms. The van der Waals surface area contributed by atoms with Crippen LogP contribution in [0.2, 0.25) is 0 Å². The van der Waals surface area contributed by atoms with Crippen LogP contribution in [-0.4, -0.2) is 34.9 Å². The molecule has 162 valence electrons. The van der Waals surface area contributed by atoms with Crippen LogP contribution in [0, 0.1) is 5.92 Å². The van der Waals surface area contributed by atoms with Crippen LogP contribution >= 0.6 is 11.3 Å². The zero-order valence-corrected chi connectivity index (χ0v) is 18.8. The normalized spacial score (nSPS) is 14.7. The van der Waals surface area contributed by atoms with Gasteiger partial charge in [-0.15, -0.1) is 0 Å². The number of amides is 2. The molecule has 1 N–H and O–H groups in total. The SMILES string of the molecule is CC(C)n1cc(C(=O)NCC2CCCCC2)c(=O)c(C(=O)N(C)Cc2ccsc2)c1. The molecular formula is C23H31N3O3S. The molecule has 0 bridgehead atoms. The predicted molar refractivity (Wildman–Crippen MR) is 120 cm³/mol. The molecule has 2 amide bonds. The maximum atomic E-state index is 13.1. The molecule has 2 aromatic heterocycles. The molecule has 1 fully saturated rings. The minimum atomic E-state index is -0.504. The number of hydrogen-bond acceptors (Lipinski definition) is 4. The highest BCUT2D eigenvalue weighted by Crippen LogP contribution is 2.22. The third-order valence-corrected chi connectivity index (χ3v) is 6.47. The number of pyridine rings is 1. The lowest BCUT2D eigenvalue weighted by Crippen LogP contribution is -2.37. The summed E-state index contributed by atoms with van der Waals surface area (Å²) in [5, 5.41) is 6.86. The van der Waals surface area contributed by atoms with E-state index in [9.17, 15) is 14.4 Å². The van der Waals surface area contributed by atoms with Crippen LogP contribution < -0.4 is 10.7 Å². The van der Waals surface area contributed by atoms with Crippen molar-refractivity contribution >= 4 is 23.2 Å². The van der Waals surface area contributed by atoms with E-state index < -0.39 is 11.3 Å². The molecule has 0 saturated heterocycles. The smallest absolute Gasteiger partial charge is 0.259 e. The van der Waals surface area contributed by atoms with Gasteiger partial charge in [0, 0.05) is 38.6 Å². The third-order valence-electron chi connectivity index (χ3n) is 5.74. The summed E-state index contributed by atoms with van der Waals surface area (Å²) in [6.45, 7) is 4.91. The van der Waals surface area contributed by atoms with Crippen molar-refractivity contribution < 1.29 is 9.59 Å². The number of nitrogens with zero attached hydrogens (tertiary/aromatic N) is 2. The summed E-state index contributed by atoms with van der Waals surface area (Å²) in [6.07, 6.45) is 9.01. The molecule has 0 radical (unpaired) electrons. The number of hydrogen-bond donors (Lipinski definition) is 1. The Bertz CT molecular complexity index is 928. The summed E-state index contributed by atoms with van der Waals surface area (Å²) < 4.78 is 1.77.